The second kappa shape index (κ2) is 7.29. The molecule has 1 aliphatic carbocycles. The Morgan fingerprint density at radius 2 is 2.25 bits per heavy atom. The number of hydrogen-bond acceptors (Lipinski definition) is 2. The highest BCUT2D eigenvalue weighted by atomic mass is 16.2. The number of carbonyl (C=O) groups excluding carboxylic acids is 1. The van der Waals surface area contributed by atoms with Crippen molar-refractivity contribution in [2.75, 3.05) is 11.9 Å². The first-order chi connectivity index (χ1) is 9.67. The van der Waals surface area contributed by atoms with Crippen LogP contribution in [0.4, 0.5) is 10.5 Å². The first kappa shape index (κ1) is 14.9. The van der Waals surface area contributed by atoms with Gasteiger partial charge in [-0.3, -0.25) is 0 Å². The molecule has 2 amide bonds. The van der Waals surface area contributed by atoms with E-state index in [2.05, 4.69) is 17.6 Å². The van der Waals surface area contributed by atoms with Gasteiger partial charge in [0, 0.05) is 18.8 Å². The second-order valence-corrected chi connectivity index (χ2v) is 5.88. The Balaban J connectivity index is 1.77. The normalized spacial score (nSPS) is 22.3. The van der Waals surface area contributed by atoms with Gasteiger partial charge in [0.05, 0.1) is 0 Å². The summed E-state index contributed by atoms with van der Waals surface area (Å²) in [5.74, 6) is 1.42. The SMILES string of the molecule is CC1CCCC(CNC(=O)Nc2cccc(CN)c2)C1. The van der Waals surface area contributed by atoms with Crippen molar-refractivity contribution in [3.05, 3.63) is 29.8 Å². The summed E-state index contributed by atoms with van der Waals surface area (Å²) in [6, 6.07) is 7.51. The Hall–Kier alpha value is -1.55. The molecule has 1 aromatic carbocycles. The number of anilines is 1. The fraction of sp³-hybridized carbons (Fsp3) is 0.562. The summed E-state index contributed by atoms with van der Waals surface area (Å²) in [5, 5.41) is 5.84. The Bertz CT molecular complexity index is 447. The average molecular weight is 275 g/mol. The molecule has 0 radical (unpaired) electrons. The molecule has 1 aromatic rings. The van der Waals surface area contributed by atoms with E-state index in [1.54, 1.807) is 0 Å². The predicted molar refractivity (Wildman–Crippen MR) is 82.5 cm³/mol. The van der Waals surface area contributed by atoms with Crippen LogP contribution in [-0.2, 0) is 6.54 Å². The van der Waals surface area contributed by atoms with E-state index in [0.717, 1.165) is 23.7 Å². The number of nitrogens with two attached hydrogens (primary N) is 1. The fourth-order valence-corrected chi connectivity index (χ4v) is 2.93. The number of urea groups is 1. The van der Waals surface area contributed by atoms with Gasteiger partial charge < -0.3 is 16.4 Å². The smallest absolute Gasteiger partial charge is 0.319 e. The summed E-state index contributed by atoms with van der Waals surface area (Å²) < 4.78 is 0. The van der Waals surface area contributed by atoms with Crippen LogP contribution < -0.4 is 16.4 Å². The number of carbonyl (C=O) groups is 1. The second-order valence-electron chi connectivity index (χ2n) is 5.88. The lowest BCUT2D eigenvalue weighted by Gasteiger charge is -2.26. The van der Waals surface area contributed by atoms with Crippen molar-refractivity contribution in [1.82, 2.24) is 5.32 Å². The lowest BCUT2D eigenvalue weighted by molar-refractivity contribution is 0.241. The van der Waals surface area contributed by atoms with Crippen LogP contribution in [0.25, 0.3) is 0 Å². The van der Waals surface area contributed by atoms with Crippen molar-refractivity contribution in [3.63, 3.8) is 0 Å². The zero-order valence-corrected chi connectivity index (χ0v) is 12.2. The number of hydrogen-bond donors (Lipinski definition) is 3. The zero-order valence-electron chi connectivity index (χ0n) is 12.2. The Morgan fingerprint density at radius 3 is 3.00 bits per heavy atom. The molecule has 0 aliphatic heterocycles. The van der Waals surface area contributed by atoms with E-state index >= 15 is 0 Å². The van der Waals surface area contributed by atoms with Gasteiger partial charge in [-0.2, -0.15) is 0 Å². The lowest BCUT2D eigenvalue weighted by Crippen LogP contribution is -2.34. The number of nitrogens with one attached hydrogen (secondary N) is 2. The Morgan fingerprint density at radius 1 is 1.40 bits per heavy atom. The van der Waals surface area contributed by atoms with Crippen LogP contribution in [0.5, 0.6) is 0 Å². The number of rotatable bonds is 4. The third-order valence-corrected chi connectivity index (χ3v) is 4.02. The predicted octanol–water partition coefficient (Wildman–Crippen LogP) is 3.09. The minimum atomic E-state index is -0.127. The molecule has 2 unspecified atom stereocenters. The van der Waals surface area contributed by atoms with E-state index in [9.17, 15) is 4.79 Å². The maximum atomic E-state index is 11.9. The maximum absolute atomic E-state index is 11.9. The standard InChI is InChI=1S/C16H25N3O/c1-12-4-2-6-14(8-12)11-18-16(20)19-15-7-3-5-13(9-15)10-17/h3,5,7,9,12,14H,2,4,6,8,10-11,17H2,1H3,(H2,18,19,20). The topological polar surface area (TPSA) is 67.2 Å². The summed E-state index contributed by atoms with van der Waals surface area (Å²) in [7, 11) is 0. The molecule has 4 nitrogen and oxygen atoms in total. The summed E-state index contributed by atoms with van der Waals surface area (Å²) in [6.07, 6.45) is 5.07. The zero-order chi connectivity index (χ0) is 14.4. The van der Waals surface area contributed by atoms with Crippen molar-refractivity contribution >= 4 is 11.7 Å². The molecule has 2 rings (SSSR count). The molecule has 4 heteroatoms. The van der Waals surface area contributed by atoms with Crippen LogP contribution in [-0.4, -0.2) is 12.6 Å². The van der Waals surface area contributed by atoms with Gasteiger partial charge in [-0.05, 0) is 42.4 Å². The number of benzene rings is 1. The molecule has 0 bridgehead atoms. The van der Waals surface area contributed by atoms with E-state index in [1.165, 1.54) is 25.7 Å². The van der Waals surface area contributed by atoms with Gasteiger partial charge in [0.25, 0.3) is 0 Å². The Labute approximate surface area is 121 Å². The third kappa shape index (κ3) is 4.53. The van der Waals surface area contributed by atoms with E-state index in [-0.39, 0.29) is 6.03 Å². The molecule has 20 heavy (non-hydrogen) atoms. The van der Waals surface area contributed by atoms with Crippen molar-refractivity contribution in [2.24, 2.45) is 17.6 Å². The van der Waals surface area contributed by atoms with Crippen LogP contribution >= 0.6 is 0 Å². The van der Waals surface area contributed by atoms with Crippen LogP contribution in [0.2, 0.25) is 0 Å². The molecule has 1 saturated carbocycles. The largest absolute Gasteiger partial charge is 0.338 e. The number of amides is 2. The molecule has 4 N–H and O–H groups in total. The molecular weight excluding hydrogens is 250 g/mol. The minimum absolute atomic E-state index is 0.127. The molecular formula is C16H25N3O. The van der Waals surface area contributed by atoms with Crippen molar-refractivity contribution in [1.29, 1.82) is 0 Å². The van der Waals surface area contributed by atoms with Crippen LogP contribution in [0.15, 0.2) is 24.3 Å². The molecule has 1 aliphatic rings. The van der Waals surface area contributed by atoms with Crippen molar-refractivity contribution in [2.45, 2.75) is 39.2 Å². The third-order valence-electron chi connectivity index (χ3n) is 4.02. The first-order valence-corrected chi connectivity index (χ1v) is 7.51. The maximum Gasteiger partial charge on any atom is 0.319 e. The summed E-state index contributed by atoms with van der Waals surface area (Å²) in [5.41, 5.74) is 7.40. The van der Waals surface area contributed by atoms with Crippen molar-refractivity contribution < 1.29 is 4.79 Å². The molecule has 2 atom stereocenters. The van der Waals surface area contributed by atoms with Gasteiger partial charge in [0.2, 0.25) is 0 Å². The highest BCUT2D eigenvalue weighted by Gasteiger charge is 2.19. The van der Waals surface area contributed by atoms with Gasteiger partial charge in [0.15, 0.2) is 0 Å². The highest BCUT2D eigenvalue weighted by Crippen LogP contribution is 2.27. The van der Waals surface area contributed by atoms with Crippen LogP contribution in [0, 0.1) is 11.8 Å². The Kier molecular flexibility index (Phi) is 5.41. The first-order valence-electron chi connectivity index (χ1n) is 7.51. The lowest BCUT2D eigenvalue weighted by atomic mass is 9.82. The molecule has 0 heterocycles. The van der Waals surface area contributed by atoms with Gasteiger partial charge in [-0.1, -0.05) is 31.9 Å². The quantitative estimate of drug-likeness (QED) is 0.790. The van der Waals surface area contributed by atoms with E-state index in [0.29, 0.717) is 12.5 Å². The van der Waals surface area contributed by atoms with Crippen molar-refractivity contribution in [3.8, 4) is 0 Å². The van der Waals surface area contributed by atoms with E-state index < -0.39 is 0 Å². The van der Waals surface area contributed by atoms with Gasteiger partial charge in [0.1, 0.15) is 0 Å². The summed E-state index contributed by atoms with van der Waals surface area (Å²) >= 11 is 0. The molecule has 0 spiro atoms. The van der Waals surface area contributed by atoms with Gasteiger partial charge in [-0.15, -0.1) is 0 Å². The van der Waals surface area contributed by atoms with Gasteiger partial charge >= 0.3 is 6.03 Å². The summed E-state index contributed by atoms with van der Waals surface area (Å²) in [6.45, 7) is 3.55. The summed E-state index contributed by atoms with van der Waals surface area (Å²) in [4.78, 5) is 11.9. The molecule has 1 fully saturated rings. The molecule has 0 saturated heterocycles. The minimum Gasteiger partial charge on any atom is -0.338 e. The molecule has 0 aromatic heterocycles. The highest BCUT2D eigenvalue weighted by molar-refractivity contribution is 5.89. The van der Waals surface area contributed by atoms with Gasteiger partial charge in [-0.25, -0.2) is 4.79 Å². The average Bonchev–Trinajstić information content (AvgIpc) is 2.45. The molecule has 110 valence electrons. The van der Waals surface area contributed by atoms with Crippen LogP contribution in [0.1, 0.15) is 38.2 Å². The van der Waals surface area contributed by atoms with E-state index in [4.69, 9.17) is 5.73 Å². The monoisotopic (exact) mass is 275 g/mol. The van der Waals surface area contributed by atoms with Crippen LogP contribution in [0.3, 0.4) is 0 Å². The van der Waals surface area contributed by atoms with E-state index in [1.807, 2.05) is 24.3 Å². The fourth-order valence-electron chi connectivity index (χ4n) is 2.93.